The fourth-order valence-electron chi connectivity index (χ4n) is 2.63. The quantitative estimate of drug-likeness (QED) is 0.548. The van der Waals surface area contributed by atoms with Crippen LogP contribution < -0.4 is 10.1 Å². The predicted molar refractivity (Wildman–Crippen MR) is 92.6 cm³/mol. The minimum Gasteiger partial charge on any atom is -0.496 e. The lowest BCUT2D eigenvalue weighted by Gasteiger charge is -2.21. The van der Waals surface area contributed by atoms with E-state index in [0.717, 1.165) is 5.56 Å². The Kier molecular flexibility index (Phi) is 4.60. The van der Waals surface area contributed by atoms with E-state index in [9.17, 15) is 10.1 Å². The van der Waals surface area contributed by atoms with Gasteiger partial charge in [0.05, 0.1) is 12.0 Å². The third-order valence-corrected chi connectivity index (χ3v) is 3.83. The molecule has 0 unspecified atom stereocenters. The number of benzene rings is 1. The molecule has 0 bridgehead atoms. The summed E-state index contributed by atoms with van der Waals surface area (Å²) in [4.78, 5) is 19.3. The van der Waals surface area contributed by atoms with Crippen molar-refractivity contribution in [2.45, 2.75) is 6.04 Å². The number of ether oxygens (including phenoxy) is 1. The average molecular weight is 339 g/mol. The molecular weight excluding hydrogens is 322 g/mol. The second kappa shape index (κ2) is 7.00. The first kappa shape index (κ1) is 16.4. The van der Waals surface area contributed by atoms with Crippen LogP contribution >= 0.6 is 0 Å². The summed E-state index contributed by atoms with van der Waals surface area (Å²) < 4.78 is 7.29. The molecule has 0 aliphatic heterocycles. The number of nitrogens with zero attached hydrogens (tertiary/aromatic N) is 4. The molecule has 1 aromatic carbocycles. The van der Waals surface area contributed by atoms with Gasteiger partial charge in [0.1, 0.15) is 17.6 Å². The maximum absolute atomic E-state index is 11.3. The maximum atomic E-state index is 11.3. The number of aromatic nitrogens is 3. The fraction of sp³-hybridized carbons (Fsp3) is 0.176. The molecule has 128 valence electrons. The van der Waals surface area contributed by atoms with Crippen molar-refractivity contribution < 1.29 is 9.66 Å². The molecule has 0 aliphatic carbocycles. The Morgan fingerprint density at radius 3 is 2.68 bits per heavy atom. The number of anilines is 1. The van der Waals surface area contributed by atoms with Crippen LogP contribution in [0, 0.1) is 10.1 Å². The summed E-state index contributed by atoms with van der Waals surface area (Å²) in [5, 5.41) is 14.4. The predicted octanol–water partition coefficient (Wildman–Crippen LogP) is 2.93. The highest BCUT2D eigenvalue weighted by molar-refractivity contribution is 5.58. The van der Waals surface area contributed by atoms with Gasteiger partial charge in [0.25, 0.3) is 0 Å². The second-order valence-electron chi connectivity index (χ2n) is 5.34. The highest BCUT2D eigenvalue weighted by atomic mass is 16.6. The summed E-state index contributed by atoms with van der Waals surface area (Å²) in [5.41, 5.74) is 0.704. The molecule has 2 aromatic heterocycles. The Balaban J connectivity index is 2.11. The van der Waals surface area contributed by atoms with Gasteiger partial charge in [-0.3, -0.25) is 10.1 Å². The first-order valence-corrected chi connectivity index (χ1v) is 7.58. The van der Waals surface area contributed by atoms with Gasteiger partial charge < -0.3 is 14.6 Å². The maximum Gasteiger partial charge on any atom is 0.311 e. The number of hydrogen-bond acceptors (Lipinski definition) is 6. The topological polar surface area (TPSA) is 95.1 Å². The van der Waals surface area contributed by atoms with Gasteiger partial charge in [0.15, 0.2) is 0 Å². The molecule has 8 heteroatoms. The van der Waals surface area contributed by atoms with E-state index in [1.807, 2.05) is 42.1 Å². The van der Waals surface area contributed by atoms with E-state index >= 15 is 0 Å². The number of nitro groups is 1. The monoisotopic (exact) mass is 339 g/mol. The molecule has 0 amide bonds. The molecule has 0 saturated heterocycles. The minimum atomic E-state index is -0.468. The summed E-state index contributed by atoms with van der Waals surface area (Å²) in [6.07, 6.45) is 4.99. The van der Waals surface area contributed by atoms with E-state index in [2.05, 4.69) is 15.3 Å². The van der Waals surface area contributed by atoms with Crippen LogP contribution in [0.3, 0.4) is 0 Å². The summed E-state index contributed by atoms with van der Waals surface area (Å²) >= 11 is 0. The molecule has 0 saturated carbocycles. The Labute approximate surface area is 144 Å². The van der Waals surface area contributed by atoms with Crippen LogP contribution in [0.25, 0.3) is 0 Å². The van der Waals surface area contributed by atoms with E-state index in [0.29, 0.717) is 11.6 Å². The Hall–Kier alpha value is -3.42. The van der Waals surface area contributed by atoms with Crippen LogP contribution in [0.1, 0.15) is 17.4 Å². The summed E-state index contributed by atoms with van der Waals surface area (Å²) in [5.74, 6) is 1.51. The number of para-hydroxylation sites is 1. The minimum absolute atomic E-state index is 0.100. The Morgan fingerprint density at radius 2 is 2.00 bits per heavy atom. The number of methoxy groups -OCH3 is 1. The molecule has 0 aliphatic rings. The van der Waals surface area contributed by atoms with Crippen molar-refractivity contribution in [2.75, 3.05) is 12.4 Å². The summed E-state index contributed by atoms with van der Waals surface area (Å²) in [6, 6.07) is 9.93. The van der Waals surface area contributed by atoms with Crippen LogP contribution in [-0.2, 0) is 7.05 Å². The van der Waals surface area contributed by atoms with Crippen molar-refractivity contribution in [1.82, 2.24) is 14.5 Å². The molecule has 8 nitrogen and oxygen atoms in total. The van der Waals surface area contributed by atoms with E-state index in [1.54, 1.807) is 13.3 Å². The summed E-state index contributed by atoms with van der Waals surface area (Å²) in [6.45, 7) is 0. The number of imidazole rings is 1. The summed E-state index contributed by atoms with van der Waals surface area (Å²) in [7, 11) is 3.44. The Morgan fingerprint density at radius 1 is 1.20 bits per heavy atom. The molecule has 2 heterocycles. The molecule has 1 N–H and O–H groups in total. The third kappa shape index (κ3) is 3.27. The zero-order chi connectivity index (χ0) is 17.8. The first-order valence-electron chi connectivity index (χ1n) is 7.58. The van der Waals surface area contributed by atoms with Crippen molar-refractivity contribution >= 4 is 11.5 Å². The smallest absolute Gasteiger partial charge is 0.311 e. The number of rotatable bonds is 6. The molecule has 0 spiro atoms. The van der Waals surface area contributed by atoms with Crippen LogP contribution in [-0.4, -0.2) is 26.6 Å². The Bertz CT molecular complexity index is 893. The van der Waals surface area contributed by atoms with Gasteiger partial charge in [0.2, 0.25) is 5.82 Å². The number of aryl methyl sites for hydroxylation is 1. The molecule has 25 heavy (non-hydrogen) atoms. The van der Waals surface area contributed by atoms with Crippen LogP contribution in [0.5, 0.6) is 5.75 Å². The SMILES string of the molecule is COc1ccccc1[C@@H](Nc1ncccc1[N+](=O)[O-])c1nccn1C. The number of pyridine rings is 1. The lowest BCUT2D eigenvalue weighted by Crippen LogP contribution is -2.19. The second-order valence-corrected chi connectivity index (χ2v) is 5.34. The van der Waals surface area contributed by atoms with Gasteiger partial charge in [-0.25, -0.2) is 9.97 Å². The van der Waals surface area contributed by atoms with E-state index < -0.39 is 11.0 Å². The number of nitrogens with one attached hydrogen (secondary N) is 1. The molecule has 0 fully saturated rings. The van der Waals surface area contributed by atoms with E-state index in [1.165, 1.54) is 18.3 Å². The van der Waals surface area contributed by atoms with Crippen molar-refractivity contribution in [1.29, 1.82) is 0 Å². The van der Waals surface area contributed by atoms with Crippen molar-refractivity contribution in [3.63, 3.8) is 0 Å². The zero-order valence-electron chi connectivity index (χ0n) is 13.8. The van der Waals surface area contributed by atoms with Gasteiger partial charge in [0, 0.05) is 37.3 Å². The van der Waals surface area contributed by atoms with E-state index in [4.69, 9.17) is 4.74 Å². The van der Waals surface area contributed by atoms with Crippen LogP contribution in [0.15, 0.2) is 55.0 Å². The highest BCUT2D eigenvalue weighted by Gasteiger charge is 2.25. The highest BCUT2D eigenvalue weighted by Crippen LogP contribution is 2.33. The first-order chi connectivity index (χ1) is 12.1. The van der Waals surface area contributed by atoms with Crippen LogP contribution in [0.4, 0.5) is 11.5 Å². The van der Waals surface area contributed by atoms with Gasteiger partial charge >= 0.3 is 5.69 Å². The molecule has 3 rings (SSSR count). The molecule has 1 atom stereocenters. The largest absolute Gasteiger partial charge is 0.496 e. The van der Waals surface area contributed by atoms with Crippen molar-refractivity contribution in [2.24, 2.45) is 7.05 Å². The normalized spacial score (nSPS) is 11.8. The van der Waals surface area contributed by atoms with Gasteiger partial charge in [-0.2, -0.15) is 0 Å². The van der Waals surface area contributed by atoms with E-state index in [-0.39, 0.29) is 11.5 Å². The average Bonchev–Trinajstić information content (AvgIpc) is 3.05. The lowest BCUT2D eigenvalue weighted by atomic mass is 10.0. The van der Waals surface area contributed by atoms with Crippen molar-refractivity contribution in [3.05, 3.63) is 76.5 Å². The fourth-order valence-corrected chi connectivity index (χ4v) is 2.63. The zero-order valence-corrected chi connectivity index (χ0v) is 13.8. The standard InChI is InChI=1S/C17H17N5O3/c1-21-11-10-19-17(21)15(12-6-3-4-8-14(12)25-2)20-16-13(22(23)24)7-5-9-18-16/h3-11,15H,1-2H3,(H,18,20)/t15-/m1/s1. The van der Waals surface area contributed by atoms with Gasteiger partial charge in [-0.15, -0.1) is 0 Å². The molecule has 3 aromatic rings. The van der Waals surface area contributed by atoms with Crippen LogP contribution in [0.2, 0.25) is 0 Å². The van der Waals surface area contributed by atoms with Gasteiger partial charge in [-0.1, -0.05) is 18.2 Å². The molecular formula is C17H17N5O3. The third-order valence-electron chi connectivity index (χ3n) is 3.83. The lowest BCUT2D eigenvalue weighted by molar-refractivity contribution is -0.384. The number of hydrogen-bond donors (Lipinski definition) is 1. The van der Waals surface area contributed by atoms with Crippen molar-refractivity contribution in [3.8, 4) is 5.75 Å². The molecule has 0 radical (unpaired) electrons. The van der Waals surface area contributed by atoms with Gasteiger partial charge in [-0.05, 0) is 12.1 Å².